The largest absolute Gasteiger partial charge is 0.325 e. The fraction of sp³-hybridized carbons (Fsp3) is 0.312. The van der Waals surface area contributed by atoms with E-state index in [9.17, 15) is 4.79 Å². The monoisotopic (exact) mass is 488 g/mol. The first-order valence-corrected chi connectivity index (χ1v) is 13.4. The molecule has 3 heterocycles. The van der Waals surface area contributed by atoms with Crippen LogP contribution in [0.15, 0.2) is 66.7 Å². The van der Waals surface area contributed by atoms with E-state index in [1.54, 1.807) is 0 Å². The third-order valence-electron chi connectivity index (χ3n) is 8.82. The van der Waals surface area contributed by atoms with Crippen LogP contribution < -0.4 is 5.32 Å². The summed E-state index contributed by atoms with van der Waals surface area (Å²) in [6.45, 7) is 2.44. The number of nitrogens with zero attached hydrogens (tertiary/aromatic N) is 2. The van der Waals surface area contributed by atoms with Crippen molar-refractivity contribution >= 4 is 34.6 Å². The molecule has 2 N–H and O–H groups in total. The number of hydrogen-bond donors (Lipinski definition) is 2. The maximum atomic E-state index is 12.9. The standard InChI is InChI=1S/C32H32N4O/c1-36-16-14-23(15-17-36)18-22-8-6-21(7-9-22)10-13-28-25-12-11-24(19-30(25)35-34-28)27-20-32(27)26-4-2-3-5-29(26)33-31(32)37/h2-13,19,23,27H,14-18,20H2,1H3,(H,33,37)(H,34,35)/b13-10+. The molecule has 5 heteroatoms. The number of amides is 1. The number of nitrogens with one attached hydrogen (secondary N) is 2. The number of rotatable bonds is 5. The van der Waals surface area contributed by atoms with Gasteiger partial charge in [-0.25, -0.2) is 0 Å². The molecule has 0 bridgehead atoms. The Morgan fingerprint density at radius 1 is 1.03 bits per heavy atom. The molecule has 2 unspecified atom stereocenters. The topological polar surface area (TPSA) is 61.0 Å². The van der Waals surface area contributed by atoms with Crippen molar-refractivity contribution in [3.63, 3.8) is 0 Å². The van der Waals surface area contributed by atoms with Crippen molar-refractivity contribution in [2.75, 3.05) is 25.5 Å². The number of benzene rings is 3. The SMILES string of the molecule is CN1CCC(Cc2ccc(/C=C/c3n[nH]c4cc(C5CC56C(=O)Nc5ccccc56)ccc34)cc2)CC1. The Bertz CT molecular complexity index is 1510. The van der Waals surface area contributed by atoms with Crippen LogP contribution in [0.3, 0.4) is 0 Å². The number of H-pyrrole nitrogens is 1. The summed E-state index contributed by atoms with van der Waals surface area (Å²) in [5, 5.41) is 12.0. The molecule has 0 radical (unpaired) electrons. The van der Waals surface area contributed by atoms with Gasteiger partial charge in [0, 0.05) is 17.0 Å². The summed E-state index contributed by atoms with van der Waals surface area (Å²) in [4.78, 5) is 15.3. The number of para-hydroxylation sites is 1. The second-order valence-corrected chi connectivity index (χ2v) is 11.2. The minimum Gasteiger partial charge on any atom is -0.325 e. The van der Waals surface area contributed by atoms with E-state index < -0.39 is 5.41 Å². The van der Waals surface area contributed by atoms with Crippen LogP contribution in [0.1, 0.15) is 53.1 Å². The third-order valence-corrected chi connectivity index (χ3v) is 8.82. The molecule has 1 aromatic heterocycles. The van der Waals surface area contributed by atoms with Crippen LogP contribution in [0.5, 0.6) is 0 Å². The van der Waals surface area contributed by atoms with Gasteiger partial charge >= 0.3 is 0 Å². The van der Waals surface area contributed by atoms with Crippen molar-refractivity contribution in [1.82, 2.24) is 15.1 Å². The number of anilines is 1. The van der Waals surface area contributed by atoms with Crippen molar-refractivity contribution in [2.24, 2.45) is 5.92 Å². The molecule has 3 aromatic carbocycles. The van der Waals surface area contributed by atoms with E-state index in [-0.39, 0.29) is 11.8 Å². The molecule has 7 rings (SSSR count). The summed E-state index contributed by atoms with van der Waals surface area (Å²) in [6, 6.07) is 23.5. The number of carbonyl (C=O) groups excluding carboxylic acids is 1. The van der Waals surface area contributed by atoms with Gasteiger partial charge < -0.3 is 10.2 Å². The van der Waals surface area contributed by atoms with Gasteiger partial charge in [-0.15, -0.1) is 0 Å². The van der Waals surface area contributed by atoms with Gasteiger partial charge in [0.1, 0.15) is 0 Å². The first-order valence-electron chi connectivity index (χ1n) is 13.4. The van der Waals surface area contributed by atoms with E-state index in [2.05, 4.69) is 88.1 Å². The molecule has 5 nitrogen and oxygen atoms in total. The number of likely N-dealkylation sites (tertiary alicyclic amines) is 1. The number of hydrogen-bond acceptors (Lipinski definition) is 3. The van der Waals surface area contributed by atoms with Crippen molar-refractivity contribution in [2.45, 2.75) is 37.0 Å². The number of carbonyl (C=O) groups is 1. The third kappa shape index (κ3) is 3.89. The number of fused-ring (bicyclic) bond motifs is 3. The lowest BCUT2D eigenvalue weighted by Gasteiger charge is -2.28. The summed E-state index contributed by atoms with van der Waals surface area (Å²) in [7, 11) is 2.22. The average molecular weight is 489 g/mol. The molecule has 37 heavy (non-hydrogen) atoms. The Morgan fingerprint density at radius 3 is 2.68 bits per heavy atom. The highest BCUT2D eigenvalue weighted by Gasteiger charge is 2.65. The fourth-order valence-corrected chi connectivity index (χ4v) is 6.49. The summed E-state index contributed by atoms with van der Waals surface area (Å²) in [6.07, 6.45) is 8.86. The second kappa shape index (κ2) is 8.70. The van der Waals surface area contributed by atoms with E-state index >= 15 is 0 Å². The van der Waals surface area contributed by atoms with E-state index in [4.69, 9.17) is 0 Å². The number of aromatic nitrogens is 2. The predicted octanol–water partition coefficient (Wildman–Crippen LogP) is 6.00. The van der Waals surface area contributed by atoms with Gasteiger partial charge in [-0.2, -0.15) is 5.10 Å². The van der Waals surface area contributed by atoms with Gasteiger partial charge in [0.05, 0.1) is 16.6 Å². The smallest absolute Gasteiger partial charge is 0.235 e. The van der Waals surface area contributed by atoms with Crippen LogP contribution in [-0.2, 0) is 16.6 Å². The van der Waals surface area contributed by atoms with Crippen molar-refractivity contribution in [3.8, 4) is 0 Å². The zero-order chi connectivity index (χ0) is 25.0. The maximum absolute atomic E-state index is 12.9. The molecular formula is C32H32N4O. The second-order valence-electron chi connectivity index (χ2n) is 11.2. The van der Waals surface area contributed by atoms with Crippen LogP contribution in [0.4, 0.5) is 5.69 Å². The molecule has 4 aromatic rings. The van der Waals surface area contributed by atoms with Crippen LogP contribution in [-0.4, -0.2) is 41.1 Å². The van der Waals surface area contributed by atoms with Crippen molar-refractivity contribution in [3.05, 3.63) is 94.7 Å². The van der Waals surface area contributed by atoms with Gasteiger partial charge in [-0.05, 0) is 92.2 Å². The molecule has 1 saturated heterocycles. The predicted molar refractivity (Wildman–Crippen MR) is 149 cm³/mol. The highest BCUT2D eigenvalue weighted by molar-refractivity contribution is 6.09. The zero-order valence-corrected chi connectivity index (χ0v) is 21.2. The minimum absolute atomic E-state index is 0.129. The lowest BCUT2D eigenvalue weighted by atomic mass is 9.90. The molecule has 1 amide bonds. The molecule has 1 spiro atoms. The Kier molecular flexibility index (Phi) is 5.29. The summed E-state index contributed by atoms with van der Waals surface area (Å²) in [5.74, 6) is 1.14. The van der Waals surface area contributed by atoms with Crippen LogP contribution in [0, 0.1) is 5.92 Å². The lowest BCUT2D eigenvalue weighted by molar-refractivity contribution is -0.118. The highest BCUT2D eigenvalue weighted by Crippen LogP contribution is 2.64. The molecule has 1 saturated carbocycles. The summed E-state index contributed by atoms with van der Waals surface area (Å²) >= 11 is 0. The summed E-state index contributed by atoms with van der Waals surface area (Å²) < 4.78 is 0. The Labute approximate surface area is 217 Å². The van der Waals surface area contributed by atoms with E-state index in [0.29, 0.717) is 0 Å². The van der Waals surface area contributed by atoms with Crippen LogP contribution >= 0.6 is 0 Å². The Morgan fingerprint density at radius 2 is 1.84 bits per heavy atom. The van der Waals surface area contributed by atoms with Crippen molar-refractivity contribution < 1.29 is 4.79 Å². The first-order chi connectivity index (χ1) is 18.1. The quantitative estimate of drug-likeness (QED) is 0.362. The van der Waals surface area contributed by atoms with Crippen LogP contribution in [0.2, 0.25) is 0 Å². The van der Waals surface area contributed by atoms with E-state index in [0.717, 1.165) is 40.2 Å². The number of aromatic amines is 1. The van der Waals surface area contributed by atoms with E-state index in [1.165, 1.54) is 49.0 Å². The normalized spacial score (nSPS) is 23.7. The van der Waals surface area contributed by atoms with Gasteiger partial charge in [0.25, 0.3) is 0 Å². The molecule has 2 aliphatic heterocycles. The zero-order valence-electron chi connectivity index (χ0n) is 21.2. The minimum atomic E-state index is -0.410. The average Bonchev–Trinajstić information content (AvgIpc) is 3.46. The van der Waals surface area contributed by atoms with E-state index in [1.807, 2.05) is 18.2 Å². The molecule has 1 aliphatic carbocycles. The molecule has 2 fully saturated rings. The van der Waals surface area contributed by atoms with Crippen LogP contribution in [0.25, 0.3) is 23.1 Å². The Hall–Kier alpha value is -3.70. The highest BCUT2D eigenvalue weighted by atomic mass is 16.2. The Balaban J connectivity index is 1.06. The van der Waals surface area contributed by atoms with Gasteiger partial charge in [0.15, 0.2) is 0 Å². The number of piperidine rings is 1. The first kappa shape index (κ1) is 22.5. The summed E-state index contributed by atoms with van der Waals surface area (Å²) in [5.41, 5.74) is 7.44. The van der Waals surface area contributed by atoms with Gasteiger partial charge in [-0.3, -0.25) is 9.89 Å². The van der Waals surface area contributed by atoms with Gasteiger partial charge in [-0.1, -0.05) is 60.7 Å². The lowest BCUT2D eigenvalue weighted by Crippen LogP contribution is -2.30. The van der Waals surface area contributed by atoms with Gasteiger partial charge in [0.2, 0.25) is 5.91 Å². The fourth-order valence-electron chi connectivity index (χ4n) is 6.49. The maximum Gasteiger partial charge on any atom is 0.235 e. The van der Waals surface area contributed by atoms with Crippen molar-refractivity contribution in [1.29, 1.82) is 0 Å². The molecule has 186 valence electrons. The molecule has 3 aliphatic rings. The molecular weight excluding hydrogens is 456 g/mol. The molecule has 2 atom stereocenters.